The molecule has 176 valence electrons. The molecule has 2 N–H and O–H groups in total. The first-order valence-electron chi connectivity index (χ1n) is 10.8. The molecule has 0 radical (unpaired) electrons. The lowest BCUT2D eigenvalue weighted by atomic mass is 9.98. The van der Waals surface area contributed by atoms with Crippen LogP contribution in [-0.4, -0.2) is 66.6 Å². The quantitative estimate of drug-likeness (QED) is 0.425. The number of carbonyl (C=O) groups excluding carboxylic acids is 2. The first-order chi connectivity index (χ1) is 15.7. The van der Waals surface area contributed by atoms with Crippen molar-refractivity contribution >= 4 is 28.9 Å². The molecule has 0 spiro atoms. The van der Waals surface area contributed by atoms with E-state index in [9.17, 15) is 14.0 Å². The number of nitrogens with two attached hydrogens (primary N) is 1. The fourth-order valence-electron chi connectivity index (χ4n) is 3.46. The SMILES string of the molecule is C=C(C(=C)c1ccnc(N(C)C)c1N)C(=O)N1CCN(C(=O)c2ccccc2)C[C@H]1F.CC. The van der Waals surface area contributed by atoms with Crippen molar-refractivity contribution in [2.75, 3.05) is 44.4 Å². The van der Waals surface area contributed by atoms with E-state index in [1.807, 2.05) is 13.8 Å². The Bertz CT molecular complexity index is 1020. The number of hydrogen-bond acceptors (Lipinski definition) is 5. The van der Waals surface area contributed by atoms with Crippen molar-refractivity contribution in [1.29, 1.82) is 0 Å². The number of nitrogen functional groups attached to an aromatic ring is 1. The molecule has 0 unspecified atom stereocenters. The summed E-state index contributed by atoms with van der Waals surface area (Å²) in [7, 11) is 3.60. The minimum Gasteiger partial charge on any atom is -0.395 e. The molecular weight excluding hydrogens is 421 g/mol. The number of carbonyl (C=O) groups is 2. The second kappa shape index (κ2) is 11.3. The maximum absolute atomic E-state index is 14.9. The molecule has 7 nitrogen and oxygen atoms in total. The Morgan fingerprint density at radius 3 is 2.33 bits per heavy atom. The maximum Gasteiger partial charge on any atom is 0.256 e. The van der Waals surface area contributed by atoms with Gasteiger partial charge in [0.2, 0.25) is 0 Å². The predicted molar refractivity (Wildman–Crippen MR) is 131 cm³/mol. The Labute approximate surface area is 195 Å². The van der Waals surface area contributed by atoms with Crippen LogP contribution in [0.1, 0.15) is 29.8 Å². The van der Waals surface area contributed by atoms with Crippen LogP contribution in [0.15, 0.2) is 61.3 Å². The molecule has 8 heteroatoms. The van der Waals surface area contributed by atoms with E-state index in [-0.39, 0.29) is 31.1 Å². The van der Waals surface area contributed by atoms with Crippen LogP contribution >= 0.6 is 0 Å². The molecule has 0 aliphatic carbocycles. The highest BCUT2D eigenvalue weighted by molar-refractivity contribution is 6.09. The second-order valence-electron chi connectivity index (χ2n) is 7.50. The highest BCUT2D eigenvalue weighted by Gasteiger charge is 2.34. The number of alkyl halides is 1. The summed E-state index contributed by atoms with van der Waals surface area (Å²) >= 11 is 0. The summed E-state index contributed by atoms with van der Waals surface area (Å²) in [5.41, 5.74) is 7.91. The van der Waals surface area contributed by atoms with Crippen LogP contribution in [0.3, 0.4) is 0 Å². The van der Waals surface area contributed by atoms with Crippen molar-refractivity contribution in [1.82, 2.24) is 14.8 Å². The minimum absolute atomic E-state index is 0.0492. The van der Waals surface area contributed by atoms with Gasteiger partial charge in [-0.25, -0.2) is 9.37 Å². The molecule has 3 rings (SSSR count). The molecule has 1 aliphatic rings. The lowest BCUT2D eigenvalue weighted by Crippen LogP contribution is -2.55. The van der Waals surface area contributed by atoms with Crippen LogP contribution in [0.25, 0.3) is 5.57 Å². The molecule has 1 saturated heterocycles. The second-order valence-corrected chi connectivity index (χ2v) is 7.50. The molecule has 1 aliphatic heterocycles. The number of nitrogens with zero attached hydrogens (tertiary/aromatic N) is 4. The van der Waals surface area contributed by atoms with E-state index in [4.69, 9.17) is 5.73 Å². The van der Waals surface area contributed by atoms with Crippen LogP contribution in [-0.2, 0) is 4.79 Å². The lowest BCUT2D eigenvalue weighted by molar-refractivity contribution is -0.135. The highest BCUT2D eigenvalue weighted by Crippen LogP contribution is 2.31. The number of piperazine rings is 1. The Kier molecular flexibility index (Phi) is 8.73. The van der Waals surface area contributed by atoms with Crippen LogP contribution < -0.4 is 10.6 Å². The first kappa shape index (κ1) is 25.6. The van der Waals surface area contributed by atoms with Gasteiger partial charge in [0.15, 0.2) is 12.1 Å². The Morgan fingerprint density at radius 2 is 1.76 bits per heavy atom. The summed E-state index contributed by atoms with van der Waals surface area (Å²) in [6, 6.07) is 10.3. The Morgan fingerprint density at radius 1 is 1.12 bits per heavy atom. The van der Waals surface area contributed by atoms with Gasteiger partial charge in [0.05, 0.1) is 12.2 Å². The monoisotopic (exact) mass is 453 g/mol. The zero-order valence-corrected chi connectivity index (χ0v) is 19.7. The van der Waals surface area contributed by atoms with Gasteiger partial charge in [-0.3, -0.25) is 9.59 Å². The molecule has 0 saturated carbocycles. The number of amides is 2. The van der Waals surface area contributed by atoms with Gasteiger partial charge in [-0.15, -0.1) is 0 Å². The Hall–Kier alpha value is -3.68. The number of halogens is 1. The first-order valence-corrected chi connectivity index (χ1v) is 10.8. The van der Waals surface area contributed by atoms with Crippen molar-refractivity contribution in [2.45, 2.75) is 20.1 Å². The molecular formula is C25H32FN5O2. The fraction of sp³-hybridized carbons (Fsp3) is 0.320. The largest absolute Gasteiger partial charge is 0.395 e. The Balaban J connectivity index is 0.00000187. The normalized spacial score (nSPS) is 15.2. The van der Waals surface area contributed by atoms with E-state index in [1.54, 1.807) is 61.6 Å². The third kappa shape index (κ3) is 5.58. The van der Waals surface area contributed by atoms with Crippen molar-refractivity contribution in [3.63, 3.8) is 0 Å². The van der Waals surface area contributed by atoms with E-state index >= 15 is 0 Å². The van der Waals surface area contributed by atoms with Gasteiger partial charge in [0.1, 0.15) is 0 Å². The number of benzene rings is 1. The fourth-order valence-corrected chi connectivity index (χ4v) is 3.46. The summed E-state index contributed by atoms with van der Waals surface area (Å²) in [6.07, 6.45) is -0.0822. The van der Waals surface area contributed by atoms with Gasteiger partial charge < -0.3 is 20.4 Å². The van der Waals surface area contributed by atoms with Gasteiger partial charge in [-0.2, -0.15) is 0 Å². The van der Waals surface area contributed by atoms with E-state index in [1.165, 1.54) is 4.90 Å². The molecule has 1 atom stereocenters. The molecule has 1 aromatic carbocycles. The summed E-state index contributed by atoms with van der Waals surface area (Å²) in [5.74, 6) is -0.304. The van der Waals surface area contributed by atoms with Gasteiger partial charge in [-0.1, -0.05) is 45.2 Å². The number of rotatable bonds is 5. The molecule has 1 fully saturated rings. The molecule has 2 aromatic rings. The molecule has 2 heterocycles. The number of aromatic nitrogens is 1. The maximum atomic E-state index is 14.9. The molecule has 1 aromatic heterocycles. The van der Waals surface area contributed by atoms with Gasteiger partial charge in [0, 0.05) is 50.1 Å². The average molecular weight is 454 g/mol. The van der Waals surface area contributed by atoms with Crippen LogP contribution in [0.4, 0.5) is 15.9 Å². The molecule has 0 bridgehead atoms. The smallest absolute Gasteiger partial charge is 0.256 e. The third-order valence-corrected chi connectivity index (χ3v) is 5.23. The van der Waals surface area contributed by atoms with Gasteiger partial charge in [-0.05, 0) is 23.8 Å². The third-order valence-electron chi connectivity index (χ3n) is 5.23. The summed E-state index contributed by atoms with van der Waals surface area (Å²) in [5, 5.41) is 0. The molecule has 33 heavy (non-hydrogen) atoms. The predicted octanol–water partition coefficient (Wildman–Crippen LogP) is 3.61. The van der Waals surface area contributed by atoms with Crippen LogP contribution in [0, 0.1) is 0 Å². The van der Waals surface area contributed by atoms with Crippen LogP contribution in [0.2, 0.25) is 0 Å². The lowest BCUT2D eigenvalue weighted by Gasteiger charge is -2.38. The number of pyridine rings is 1. The number of hydrogen-bond donors (Lipinski definition) is 1. The minimum atomic E-state index is -1.65. The van der Waals surface area contributed by atoms with E-state index in [2.05, 4.69) is 18.1 Å². The average Bonchev–Trinajstić information content (AvgIpc) is 2.84. The van der Waals surface area contributed by atoms with Crippen molar-refractivity contribution < 1.29 is 14.0 Å². The zero-order chi connectivity index (χ0) is 24.7. The summed E-state index contributed by atoms with van der Waals surface area (Å²) < 4.78 is 14.9. The molecule has 2 amide bonds. The number of anilines is 2. The summed E-state index contributed by atoms with van der Waals surface area (Å²) in [4.78, 5) is 34.0. The topological polar surface area (TPSA) is 82.8 Å². The van der Waals surface area contributed by atoms with Gasteiger partial charge in [0.25, 0.3) is 11.8 Å². The van der Waals surface area contributed by atoms with E-state index in [0.29, 0.717) is 28.2 Å². The van der Waals surface area contributed by atoms with Crippen molar-refractivity contribution in [3.8, 4) is 0 Å². The van der Waals surface area contributed by atoms with E-state index < -0.39 is 12.2 Å². The summed E-state index contributed by atoms with van der Waals surface area (Å²) in [6.45, 7) is 11.9. The van der Waals surface area contributed by atoms with Gasteiger partial charge >= 0.3 is 0 Å². The van der Waals surface area contributed by atoms with Crippen molar-refractivity contribution in [2.24, 2.45) is 0 Å². The van der Waals surface area contributed by atoms with Crippen LogP contribution in [0.5, 0.6) is 0 Å². The van der Waals surface area contributed by atoms with Crippen molar-refractivity contribution in [3.05, 3.63) is 72.5 Å². The highest BCUT2D eigenvalue weighted by atomic mass is 19.1. The van der Waals surface area contributed by atoms with E-state index in [0.717, 1.165) is 4.90 Å². The zero-order valence-electron chi connectivity index (χ0n) is 19.7. The standard InChI is InChI=1S/C23H26FN5O2.C2H6/c1-15(18-10-11-26-21(20(18)25)27(3)4)16(2)22(30)29-13-12-28(14-19(29)24)23(31)17-8-6-5-7-9-17;1-2/h5-11,19H,1-2,12-14,25H2,3-4H3;1-2H3/t19-;/m0./s1.